The maximum atomic E-state index is 13.3. The van der Waals surface area contributed by atoms with Crippen molar-refractivity contribution in [2.45, 2.75) is 37.8 Å². The SMILES string of the molecule is CCNC(=NCc1cccc(S(N)(=O)=O)c1)NCC(CC)Oc1cccc(F)c1. The minimum Gasteiger partial charge on any atom is -0.489 e. The number of hydrogen-bond donors (Lipinski definition) is 3. The largest absolute Gasteiger partial charge is 0.489 e. The second-order valence-electron chi connectivity index (χ2n) is 6.37. The van der Waals surface area contributed by atoms with E-state index in [1.807, 2.05) is 13.8 Å². The summed E-state index contributed by atoms with van der Waals surface area (Å²) in [7, 11) is -3.75. The molecular weight excluding hydrogens is 395 g/mol. The monoisotopic (exact) mass is 422 g/mol. The molecule has 158 valence electrons. The molecule has 1 atom stereocenters. The van der Waals surface area contributed by atoms with Gasteiger partial charge in [0.15, 0.2) is 5.96 Å². The maximum Gasteiger partial charge on any atom is 0.238 e. The van der Waals surface area contributed by atoms with Crippen molar-refractivity contribution in [3.63, 3.8) is 0 Å². The molecule has 1 unspecified atom stereocenters. The van der Waals surface area contributed by atoms with E-state index in [2.05, 4.69) is 15.6 Å². The van der Waals surface area contributed by atoms with E-state index >= 15 is 0 Å². The lowest BCUT2D eigenvalue weighted by molar-refractivity contribution is 0.198. The highest BCUT2D eigenvalue weighted by Crippen LogP contribution is 2.15. The van der Waals surface area contributed by atoms with Gasteiger partial charge in [-0.1, -0.05) is 25.1 Å². The van der Waals surface area contributed by atoms with E-state index in [1.54, 1.807) is 24.3 Å². The third-order valence-corrected chi connectivity index (χ3v) is 4.95. The quantitative estimate of drug-likeness (QED) is 0.425. The van der Waals surface area contributed by atoms with E-state index in [0.717, 1.165) is 12.0 Å². The Morgan fingerprint density at radius 2 is 1.93 bits per heavy atom. The van der Waals surface area contributed by atoms with Gasteiger partial charge in [-0.05, 0) is 43.2 Å². The number of halogens is 1. The highest BCUT2D eigenvalue weighted by atomic mass is 32.2. The first-order valence-electron chi connectivity index (χ1n) is 9.38. The number of guanidine groups is 1. The van der Waals surface area contributed by atoms with Gasteiger partial charge in [-0.15, -0.1) is 0 Å². The Morgan fingerprint density at radius 1 is 1.17 bits per heavy atom. The highest BCUT2D eigenvalue weighted by molar-refractivity contribution is 7.89. The fourth-order valence-corrected chi connectivity index (χ4v) is 3.13. The fraction of sp³-hybridized carbons (Fsp3) is 0.350. The van der Waals surface area contributed by atoms with Gasteiger partial charge in [-0.25, -0.2) is 22.9 Å². The lowest BCUT2D eigenvalue weighted by Gasteiger charge is -2.20. The van der Waals surface area contributed by atoms with Gasteiger partial charge in [0.1, 0.15) is 17.7 Å². The molecule has 2 aromatic carbocycles. The van der Waals surface area contributed by atoms with E-state index in [1.165, 1.54) is 24.3 Å². The average Bonchev–Trinajstić information content (AvgIpc) is 2.68. The van der Waals surface area contributed by atoms with Gasteiger partial charge in [-0.3, -0.25) is 0 Å². The van der Waals surface area contributed by atoms with Gasteiger partial charge in [0.05, 0.1) is 18.0 Å². The number of sulfonamides is 1. The first kappa shape index (κ1) is 22.6. The molecule has 9 heteroatoms. The molecule has 0 saturated heterocycles. The zero-order valence-electron chi connectivity index (χ0n) is 16.6. The Morgan fingerprint density at radius 3 is 2.59 bits per heavy atom. The predicted octanol–water partition coefficient (Wildman–Crippen LogP) is 2.39. The van der Waals surface area contributed by atoms with Crippen molar-refractivity contribution in [1.29, 1.82) is 0 Å². The molecule has 0 aliphatic heterocycles. The molecule has 0 amide bonds. The number of nitrogens with two attached hydrogens (primary N) is 1. The molecule has 0 fully saturated rings. The molecule has 0 heterocycles. The summed E-state index contributed by atoms with van der Waals surface area (Å²) < 4.78 is 42.1. The first-order chi connectivity index (χ1) is 13.8. The third-order valence-electron chi connectivity index (χ3n) is 4.04. The van der Waals surface area contributed by atoms with Crippen molar-refractivity contribution in [1.82, 2.24) is 10.6 Å². The number of benzene rings is 2. The molecule has 0 radical (unpaired) electrons. The average molecular weight is 423 g/mol. The Bertz CT molecular complexity index is 935. The van der Waals surface area contributed by atoms with Crippen LogP contribution in [0.3, 0.4) is 0 Å². The molecule has 0 bridgehead atoms. The summed E-state index contributed by atoms with van der Waals surface area (Å²) in [5.41, 5.74) is 0.719. The molecule has 2 aromatic rings. The Hall–Kier alpha value is -2.65. The molecule has 2 rings (SSSR count). The van der Waals surface area contributed by atoms with E-state index in [4.69, 9.17) is 9.88 Å². The van der Waals surface area contributed by atoms with Crippen LogP contribution in [0, 0.1) is 5.82 Å². The van der Waals surface area contributed by atoms with Crippen LogP contribution in [0.5, 0.6) is 5.75 Å². The molecule has 29 heavy (non-hydrogen) atoms. The first-order valence-corrected chi connectivity index (χ1v) is 10.9. The van der Waals surface area contributed by atoms with Gasteiger partial charge in [0, 0.05) is 12.6 Å². The smallest absolute Gasteiger partial charge is 0.238 e. The predicted molar refractivity (Wildman–Crippen MR) is 112 cm³/mol. The van der Waals surface area contributed by atoms with Gasteiger partial charge < -0.3 is 15.4 Å². The molecule has 0 aliphatic rings. The fourth-order valence-electron chi connectivity index (χ4n) is 2.55. The molecule has 4 N–H and O–H groups in total. The zero-order chi connectivity index (χ0) is 21.3. The van der Waals surface area contributed by atoms with Crippen molar-refractivity contribution < 1.29 is 17.5 Å². The van der Waals surface area contributed by atoms with E-state index in [0.29, 0.717) is 24.8 Å². The van der Waals surface area contributed by atoms with E-state index < -0.39 is 10.0 Å². The summed E-state index contributed by atoms with van der Waals surface area (Å²) in [4.78, 5) is 4.53. The van der Waals surface area contributed by atoms with Crippen LogP contribution in [-0.4, -0.2) is 33.6 Å². The number of aliphatic imine (C=N–C) groups is 1. The van der Waals surface area contributed by atoms with E-state index in [9.17, 15) is 12.8 Å². The summed E-state index contributed by atoms with van der Waals surface area (Å²) in [6.07, 6.45) is 0.547. The lowest BCUT2D eigenvalue weighted by atomic mass is 10.2. The Kier molecular flexibility index (Phi) is 8.41. The van der Waals surface area contributed by atoms with Crippen molar-refractivity contribution >= 4 is 16.0 Å². The number of nitrogens with one attached hydrogen (secondary N) is 2. The minimum absolute atomic E-state index is 0.0534. The van der Waals surface area contributed by atoms with Gasteiger partial charge >= 0.3 is 0 Å². The summed E-state index contributed by atoms with van der Waals surface area (Å²) in [6, 6.07) is 12.4. The van der Waals surface area contributed by atoms with Crippen LogP contribution in [0.15, 0.2) is 58.4 Å². The standard InChI is InChI=1S/C20H27FN4O3S/c1-3-17(28-18-9-6-8-16(21)12-18)14-25-20(23-4-2)24-13-15-7-5-10-19(11-15)29(22,26)27/h5-12,17H,3-4,13-14H2,1-2H3,(H2,22,26,27)(H2,23,24,25). The van der Waals surface area contributed by atoms with Gasteiger partial charge in [0.2, 0.25) is 10.0 Å². The molecule has 0 saturated carbocycles. The lowest BCUT2D eigenvalue weighted by Crippen LogP contribution is -2.42. The normalized spacial score (nSPS) is 13.0. The highest BCUT2D eigenvalue weighted by Gasteiger charge is 2.11. The number of rotatable bonds is 9. The van der Waals surface area contributed by atoms with E-state index in [-0.39, 0.29) is 23.4 Å². The second-order valence-corrected chi connectivity index (χ2v) is 7.94. The summed E-state index contributed by atoms with van der Waals surface area (Å²) in [5.74, 6) is 0.692. The summed E-state index contributed by atoms with van der Waals surface area (Å²) in [5, 5.41) is 11.5. The molecule has 0 aliphatic carbocycles. The van der Waals surface area contributed by atoms with Crippen LogP contribution in [0.25, 0.3) is 0 Å². The number of ether oxygens (including phenoxy) is 1. The van der Waals surface area contributed by atoms with Crippen LogP contribution in [0.1, 0.15) is 25.8 Å². The van der Waals surface area contributed by atoms with Crippen LogP contribution in [0.4, 0.5) is 4.39 Å². The van der Waals surface area contributed by atoms with Crippen LogP contribution in [-0.2, 0) is 16.6 Å². The Balaban J connectivity index is 2.01. The number of nitrogens with zero attached hydrogens (tertiary/aromatic N) is 1. The topological polar surface area (TPSA) is 106 Å². The van der Waals surface area contributed by atoms with Crippen molar-refractivity contribution in [3.8, 4) is 5.75 Å². The number of hydrogen-bond acceptors (Lipinski definition) is 4. The van der Waals surface area contributed by atoms with Gasteiger partial charge in [0.25, 0.3) is 0 Å². The minimum atomic E-state index is -3.75. The molecule has 7 nitrogen and oxygen atoms in total. The van der Waals surface area contributed by atoms with Crippen molar-refractivity contribution in [3.05, 3.63) is 59.9 Å². The zero-order valence-corrected chi connectivity index (χ0v) is 17.4. The molecule has 0 spiro atoms. The second kappa shape index (κ2) is 10.8. The molecular formula is C20H27FN4O3S. The number of primary sulfonamides is 1. The summed E-state index contributed by atoms with van der Waals surface area (Å²) in [6.45, 7) is 5.33. The van der Waals surface area contributed by atoms with Crippen molar-refractivity contribution in [2.24, 2.45) is 10.1 Å². The Labute approximate surface area is 171 Å². The third kappa shape index (κ3) is 7.71. The molecule has 0 aromatic heterocycles. The summed E-state index contributed by atoms with van der Waals surface area (Å²) >= 11 is 0. The van der Waals surface area contributed by atoms with Crippen LogP contribution < -0.4 is 20.5 Å². The van der Waals surface area contributed by atoms with Crippen LogP contribution in [0.2, 0.25) is 0 Å². The van der Waals surface area contributed by atoms with Crippen molar-refractivity contribution in [2.75, 3.05) is 13.1 Å². The van der Waals surface area contributed by atoms with Gasteiger partial charge in [-0.2, -0.15) is 0 Å². The maximum absolute atomic E-state index is 13.3. The van der Waals surface area contributed by atoms with Crippen LogP contribution >= 0.6 is 0 Å².